The SMILES string of the molecule is O=C1O[C@@H](CC2CCCC2)c2ccccc21. The highest BCUT2D eigenvalue weighted by Crippen LogP contribution is 2.39. The summed E-state index contributed by atoms with van der Waals surface area (Å²) in [5.74, 6) is 0.613. The number of ether oxygens (including phenoxy) is 1. The van der Waals surface area contributed by atoms with Crippen LogP contribution in [0.25, 0.3) is 0 Å². The number of carbonyl (C=O) groups is 1. The van der Waals surface area contributed by atoms with E-state index in [0.29, 0.717) is 0 Å². The molecule has 0 radical (unpaired) electrons. The Balaban J connectivity index is 1.80. The van der Waals surface area contributed by atoms with Crippen molar-refractivity contribution in [3.05, 3.63) is 35.4 Å². The molecule has 1 aliphatic carbocycles. The Morgan fingerprint density at radius 2 is 1.94 bits per heavy atom. The van der Waals surface area contributed by atoms with E-state index in [0.717, 1.165) is 23.5 Å². The van der Waals surface area contributed by atoms with Crippen molar-refractivity contribution in [3.8, 4) is 0 Å². The topological polar surface area (TPSA) is 26.3 Å². The molecule has 1 atom stereocenters. The van der Waals surface area contributed by atoms with Gasteiger partial charge in [0.25, 0.3) is 0 Å². The van der Waals surface area contributed by atoms with Crippen LogP contribution in [0.5, 0.6) is 0 Å². The molecule has 2 nitrogen and oxygen atoms in total. The minimum atomic E-state index is -0.140. The van der Waals surface area contributed by atoms with Crippen LogP contribution < -0.4 is 0 Å². The van der Waals surface area contributed by atoms with Crippen molar-refractivity contribution in [2.45, 2.75) is 38.2 Å². The Morgan fingerprint density at radius 1 is 1.19 bits per heavy atom. The summed E-state index contributed by atoms with van der Waals surface area (Å²) in [4.78, 5) is 11.6. The summed E-state index contributed by atoms with van der Waals surface area (Å²) in [5, 5.41) is 0. The van der Waals surface area contributed by atoms with Crippen LogP contribution in [0.2, 0.25) is 0 Å². The highest BCUT2D eigenvalue weighted by molar-refractivity contribution is 5.93. The zero-order valence-electron chi connectivity index (χ0n) is 9.32. The van der Waals surface area contributed by atoms with Gasteiger partial charge in [-0.2, -0.15) is 0 Å². The first kappa shape index (κ1) is 9.88. The quantitative estimate of drug-likeness (QED) is 0.707. The molecule has 84 valence electrons. The number of cyclic esters (lactones) is 1. The average Bonchev–Trinajstić information content (AvgIpc) is 2.90. The highest BCUT2D eigenvalue weighted by atomic mass is 16.5. The standard InChI is InChI=1S/C14H16O2/c15-14-12-8-4-3-7-11(12)13(16-14)9-10-5-1-2-6-10/h3-4,7-8,10,13H,1-2,5-6,9H2/t13-/m0/s1. The molecule has 1 saturated carbocycles. The van der Waals surface area contributed by atoms with E-state index in [1.54, 1.807) is 0 Å². The van der Waals surface area contributed by atoms with Gasteiger partial charge in [-0.3, -0.25) is 0 Å². The summed E-state index contributed by atoms with van der Waals surface area (Å²) >= 11 is 0. The summed E-state index contributed by atoms with van der Waals surface area (Å²) in [6, 6.07) is 7.78. The minimum Gasteiger partial charge on any atom is -0.454 e. The van der Waals surface area contributed by atoms with E-state index in [4.69, 9.17) is 4.74 Å². The minimum absolute atomic E-state index is 0.0202. The van der Waals surface area contributed by atoms with E-state index in [9.17, 15) is 4.79 Å². The Morgan fingerprint density at radius 3 is 2.75 bits per heavy atom. The summed E-state index contributed by atoms with van der Waals surface area (Å²) in [6.07, 6.45) is 6.32. The largest absolute Gasteiger partial charge is 0.454 e. The second-order valence-corrected chi connectivity index (χ2v) is 4.87. The van der Waals surface area contributed by atoms with Gasteiger partial charge < -0.3 is 4.74 Å². The fourth-order valence-electron chi connectivity index (χ4n) is 2.94. The van der Waals surface area contributed by atoms with Crippen LogP contribution in [-0.4, -0.2) is 5.97 Å². The molecular weight excluding hydrogens is 200 g/mol. The summed E-state index contributed by atoms with van der Waals surface area (Å²) in [5.41, 5.74) is 1.87. The third kappa shape index (κ3) is 1.62. The first-order chi connectivity index (χ1) is 7.84. The zero-order chi connectivity index (χ0) is 11.0. The van der Waals surface area contributed by atoms with Crippen LogP contribution in [0.3, 0.4) is 0 Å². The maximum Gasteiger partial charge on any atom is 0.339 e. The van der Waals surface area contributed by atoms with Gasteiger partial charge in [0.1, 0.15) is 6.10 Å². The number of fused-ring (bicyclic) bond motifs is 1. The number of carbonyl (C=O) groups excluding carboxylic acids is 1. The van der Waals surface area contributed by atoms with Gasteiger partial charge in [0.15, 0.2) is 0 Å². The van der Waals surface area contributed by atoms with Gasteiger partial charge in [-0.1, -0.05) is 43.9 Å². The lowest BCUT2D eigenvalue weighted by molar-refractivity contribution is 0.0334. The van der Waals surface area contributed by atoms with Crippen molar-refractivity contribution in [1.82, 2.24) is 0 Å². The van der Waals surface area contributed by atoms with Gasteiger partial charge in [0, 0.05) is 5.56 Å². The predicted molar refractivity (Wildman–Crippen MR) is 61.2 cm³/mol. The van der Waals surface area contributed by atoms with Crippen LogP contribution in [0.15, 0.2) is 24.3 Å². The van der Waals surface area contributed by atoms with E-state index in [2.05, 4.69) is 0 Å². The molecule has 0 unspecified atom stereocenters. The molecule has 0 bridgehead atoms. The van der Waals surface area contributed by atoms with E-state index >= 15 is 0 Å². The van der Waals surface area contributed by atoms with Crippen molar-refractivity contribution < 1.29 is 9.53 Å². The molecule has 1 aromatic carbocycles. The van der Waals surface area contributed by atoms with E-state index in [1.807, 2.05) is 24.3 Å². The molecule has 1 aromatic rings. The third-order valence-electron chi connectivity index (χ3n) is 3.80. The van der Waals surface area contributed by atoms with Gasteiger partial charge in [0.05, 0.1) is 5.56 Å². The molecule has 16 heavy (non-hydrogen) atoms. The number of rotatable bonds is 2. The molecule has 1 aliphatic heterocycles. The Labute approximate surface area is 95.6 Å². The predicted octanol–water partition coefficient (Wildman–Crippen LogP) is 3.48. The number of esters is 1. The van der Waals surface area contributed by atoms with Gasteiger partial charge >= 0.3 is 5.97 Å². The molecule has 0 aromatic heterocycles. The summed E-state index contributed by atoms with van der Waals surface area (Å²) in [7, 11) is 0. The molecule has 0 saturated heterocycles. The van der Waals surface area contributed by atoms with Crippen molar-refractivity contribution in [1.29, 1.82) is 0 Å². The Kier molecular flexibility index (Phi) is 2.43. The van der Waals surface area contributed by atoms with Crippen molar-refractivity contribution in [3.63, 3.8) is 0 Å². The van der Waals surface area contributed by atoms with Crippen LogP contribution in [0.1, 0.15) is 54.1 Å². The second-order valence-electron chi connectivity index (χ2n) is 4.87. The normalized spacial score (nSPS) is 24.5. The molecular formula is C14H16O2. The fourth-order valence-corrected chi connectivity index (χ4v) is 2.94. The van der Waals surface area contributed by atoms with Gasteiger partial charge in [-0.05, 0) is 18.4 Å². The summed E-state index contributed by atoms with van der Waals surface area (Å²) in [6.45, 7) is 0. The molecule has 0 N–H and O–H groups in total. The summed E-state index contributed by atoms with van der Waals surface area (Å²) < 4.78 is 5.45. The molecule has 0 spiro atoms. The Hall–Kier alpha value is -1.31. The monoisotopic (exact) mass is 216 g/mol. The maximum atomic E-state index is 11.6. The molecule has 0 amide bonds. The molecule has 1 heterocycles. The zero-order valence-corrected chi connectivity index (χ0v) is 9.32. The fraction of sp³-hybridized carbons (Fsp3) is 0.500. The average molecular weight is 216 g/mol. The molecule has 3 rings (SSSR count). The number of benzene rings is 1. The van der Waals surface area contributed by atoms with Crippen LogP contribution in [-0.2, 0) is 4.74 Å². The lowest BCUT2D eigenvalue weighted by atomic mass is 9.95. The van der Waals surface area contributed by atoms with Gasteiger partial charge in [-0.15, -0.1) is 0 Å². The highest BCUT2D eigenvalue weighted by Gasteiger charge is 2.32. The number of hydrogen-bond donors (Lipinski definition) is 0. The number of hydrogen-bond acceptors (Lipinski definition) is 2. The van der Waals surface area contributed by atoms with E-state index in [-0.39, 0.29) is 12.1 Å². The van der Waals surface area contributed by atoms with Crippen LogP contribution in [0, 0.1) is 5.92 Å². The van der Waals surface area contributed by atoms with Crippen molar-refractivity contribution in [2.75, 3.05) is 0 Å². The third-order valence-corrected chi connectivity index (χ3v) is 3.80. The van der Waals surface area contributed by atoms with Crippen LogP contribution >= 0.6 is 0 Å². The van der Waals surface area contributed by atoms with Crippen molar-refractivity contribution >= 4 is 5.97 Å². The van der Waals surface area contributed by atoms with E-state index in [1.165, 1.54) is 25.7 Å². The molecule has 2 aliphatic rings. The first-order valence-corrected chi connectivity index (χ1v) is 6.14. The maximum absolute atomic E-state index is 11.6. The second kappa shape index (κ2) is 3.93. The Bertz CT molecular complexity index is 405. The van der Waals surface area contributed by atoms with Crippen LogP contribution in [0.4, 0.5) is 0 Å². The van der Waals surface area contributed by atoms with Gasteiger partial charge in [-0.25, -0.2) is 4.79 Å². The van der Waals surface area contributed by atoms with E-state index < -0.39 is 0 Å². The lowest BCUT2D eigenvalue weighted by Crippen LogP contribution is -2.04. The smallest absolute Gasteiger partial charge is 0.339 e. The van der Waals surface area contributed by atoms with Gasteiger partial charge in [0.2, 0.25) is 0 Å². The van der Waals surface area contributed by atoms with Crippen molar-refractivity contribution in [2.24, 2.45) is 5.92 Å². The molecule has 1 fully saturated rings. The first-order valence-electron chi connectivity index (χ1n) is 6.14. The lowest BCUT2D eigenvalue weighted by Gasteiger charge is -2.15. The molecule has 2 heteroatoms.